The second-order valence-electron chi connectivity index (χ2n) is 7.77. The summed E-state index contributed by atoms with van der Waals surface area (Å²) < 4.78 is 19.2. The van der Waals surface area contributed by atoms with Gasteiger partial charge in [0.2, 0.25) is 0 Å². The van der Waals surface area contributed by atoms with Crippen LogP contribution in [0.5, 0.6) is 0 Å². The maximum atomic E-state index is 13.6. The zero-order valence-corrected chi connectivity index (χ0v) is 18.3. The van der Waals surface area contributed by atoms with Crippen LogP contribution in [-0.4, -0.2) is 86.1 Å². The number of nitrogens with zero attached hydrogens (tertiary/aromatic N) is 3. The first kappa shape index (κ1) is 23.0. The summed E-state index contributed by atoms with van der Waals surface area (Å²) in [6.07, 6.45) is 1.48. The molecule has 1 aromatic rings. The Hall–Kier alpha value is -2.68. The van der Waals surface area contributed by atoms with E-state index in [1.54, 1.807) is 19.1 Å². The number of aryl methyl sites for hydroxylation is 1. The van der Waals surface area contributed by atoms with Gasteiger partial charge < -0.3 is 25.2 Å². The van der Waals surface area contributed by atoms with E-state index in [1.165, 1.54) is 6.07 Å². The smallest absolute Gasteiger partial charge is 0.251 e. The third-order valence-electron chi connectivity index (χ3n) is 5.52. The highest BCUT2D eigenvalue weighted by molar-refractivity contribution is 5.94. The lowest BCUT2D eigenvalue weighted by Crippen LogP contribution is -2.55. The number of nitrogens with one attached hydrogen (secondary N) is 2. The van der Waals surface area contributed by atoms with E-state index < -0.39 is 5.82 Å². The van der Waals surface area contributed by atoms with Crippen LogP contribution in [0.2, 0.25) is 0 Å². The Morgan fingerprint density at radius 2 is 1.94 bits per heavy atom. The van der Waals surface area contributed by atoms with Gasteiger partial charge in [-0.1, -0.05) is 6.07 Å². The van der Waals surface area contributed by atoms with Crippen molar-refractivity contribution in [1.82, 2.24) is 20.4 Å². The third kappa shape index (κ3) is 6.16. The monoisotopic (exact) mass is 433 g/mol. The highest BCUT2D eigenvalue weighted by Crippen LogP contribution is 2.16. The Morgan fingerprint density at radius 1 is 1.19 bits per heavy atom. The Labute approximate surface area is 182 Å². The lowest BCUT2D eigenvalue weighted by atomic mass is 10.1. The Morgan fingerprint density at radius 3 is 2.58 bits per heavy atom. The fraction of sp³-hybridized carbons (Fsp3) is 0.591. The quantitative estimate of drug-likeness (QED) is 0.399. The minimum atomic E-state index is -0.391. The molecule has 2 aliphatic heterocycles. The number of carbonyl (C=O) groups is 2. The fourth-order valence-corrected chi connectivity index (χ4v) is 3.71. The van der Waals surface area contributed by atoms with Gasteiger partial charge in [0.15, 0.2) is 5.96 Å². The zero-order valence-electron chi connectivity index (χ0n) is 18.3. The second kappa shape index (κ2) is 11.1. The molecule has 0 aromatic heterocycles. The standard InChI is InChI=1S/C22H32FN5O3/c1-3-24-22(26-9-8-25-20(29)17-7-6-16(2)18(23)15-17)28-12-10-27(11-13-28)21(30)19-5-4-14-31-19/h6-7,15,19H,3-5,8-14H2,1-2H3,(H,24,26)(H,25,29). The van der Waals surface area contributed by atoms with E-state index in [2.05, 4.69) is 20.5 Å². The van der Waals surface area contributed by atoms with Crippen LogP contribution in [0.4, 0.5) is 4.39 Å². The van der Waals surface area contributed by atoms with Crippen LogP contribution < -0.4 is 10.6 Å². The average molecular weight is 434 g/mol. The molecular weight excluding hydrogens is 401 g/mol. The number of piperazine rings is 1. The first-order chi connectivity index (χ1) is 15.0. The number of ether oxygens (including phenoxy) is 1. The van der Waals surface area contributed by atoms with Crippen LogP contribution in [0.1, 0.15) is 35.7 Å². The summed E-state index contributed by atoms with van der Waals surface area (Å²) in [5.41, 5.74) is 0.806. The number of hydrogen-bond acceptors (Lipinski definition) is 4. The van der Waals surface area contributed by atoms with Crippen LogP contribution in [0.25, 0.3) is 0 Å². The van der Waals surface area contributed by atoms with Crippen molar-refractivity contribution in [1.29, 1.82) is 0 Å². The molecule has 2 aliphatic rings. The Balaban J connectivity index is 1.47. The van der Waals surface area contributed by atoms with Gasteiger partial charge in [-0.3, -0.25) is 14.6 Å². The molecule has 8 nitrogen and oxygen atoms in total. The van der Waals surface area contributed by atoms with Crippen LogP contribution in [0.15, 0.2) is 23.2 Å². The number of amides is 2. The molecular formula is C22H32FN5O3. The Kier molecular flexibility index (Phi) is 8.22. The number of rotatable bonds is 6. The first-order valence-corrected chi connectivity index (χ1v) is 11.0. The molecule has 2 saturated heterocycles. The minimum Gasteiger partial charge on any atom is -0.368 e. The molecule has 0 aliphatic carbocycles. The fourth-order valence-electron chi connectivity index (χ4n) is 3.71. The van der Waals surface area contributed by atoms with Crippen molar-refractivity contribution in [3.05, 3.63) is 35.1 Å². The largest absolute Gasteiger partial charge is 0.368 e. The highest BCUT2D eigenvalue weighted by Gasteiger charge is 2.30. The SMILES string of the molecule is CCNC(=NCCNC(=O)c1ccc(C)c(F)c1)N1CCN(C(=O)C2CCCO2)CC1. The van der Waals surface area contributed by atoms with E-state index in [4.69, 9.17) is 4.74 Å². The van der Waals surface area contributed by atoms with Crippen molar-refractivity contribution in [2.24, 2.45) is 4.99 Å². The van der Waals surface area contributed by atoms with Crippen LogP contribution in [0, 0.1) is 12.7 Å². The number of aliphatic imine (C=N–C) groups is 1. The molecule has 31 heavy (non-hydrogen) atoms. The molecule has 2 N–H and O–H groups in total. The van der Waals surface area contributed by atoms with Gasteiger partial charge >= 0.3 is 0 Å². The van der Waals surface area contributed by atoms with Crippen LogP contribution in [0.3, 0.4) is 0 Å². The zero-order chi connectivity index (χ0) is 22.2. The van der Waals surface area contributed by atoms with Crippen molar-refractivity contribution in [3.8, 4) is 0 Å². The second-order valence-corrected chi connectivity index (χ2v) is 7.77. The van der Waals surface area contributed by atoms with Gasteiger partial charge in [0, 0.05) is 51.4 Å². The summed E-state index contributed by atoms with van der Waals surface area (Å²) in [5, 5.41) is 6.04. The van der Waals surface area contributed by atoms with Crippen molar-refractivity contribution in [2.75, 3.05) is 52.4 Å². The topological polar surface area (TPSA) is 86.3 Å². The predicted octanol–water partition coefficient (Wildman–Crippen LogP) is 1.15. The molecule has 0 bridgehead atoms. The molecule has 1 unspecified atom stereocenters. The van der Waals surface area contributed by atoms with Crippen molar-refractivity contribution >= 4 is 17.8 Å². The van der Waals surface area contributed by atoms with Gasteiger partial charge in [-0.05, 0) is 44.4 Å². The summed E-state index contributed by atoms with van der Waals surface area (Å²) in [6.45, 7) is 8.47. The Bertz CT molecular complexity index is 802. The number of benzene rings is 1. The van der Waals surface area contributed by atoms with Gasteiger partial charge in [0.1, 0.15) is 11.9 Å². The third-order valence-corrected chi connectivity index (χ3v) is 5.52. The molecule has 0 saturated carbocycles. The van der Waals surface area contributed by atoms with E-state index in [0.29, 0.717) is 57.0 Å². The van der Waals surface area contributed by atoms with E-state index >= 15 is 0 Å². The number of hydrogen-bond donors (Lipinski definition) is 2. The molecule has 0 radical (unpaired) electrons. The summed E-state index contributed by atoms with van der Waals surface area (Å²) >= 11 is 0. The number of halogens is 1. The number of carbonyl (C=O) groups excluding carboxylic acids is 2. The van der Waals surface area contributed by atoms with Crippen molar-refractivity contribution in [2.45, 2.75) is 32.8 Å². The summed E-state index contributed by atoms with van der Waals surface area (Å²) in [7, 11) is 0. The summed E-state index contributed by atoms with van der Waals surface area (Å²) in [5.74, 6) is 0.147. The first-order valence-electron chi connectivity index (χ1n) is 11.0. The van der Waals surface area contributed by atoms with E-state index in [1.807, 2.05) is 11.8 Å². The van der Waals surface area contributed by atoms with E-state index in [9.17, 15) is 14.0 Å². The molecule has 1 aromatic carbocycles. The lowest BCUT2D eigenvalue weighted by molar-refractivity contribution is -0.142. The van der Waals surface area contributed by atoms with Crippen molar-refractivity contribution < 1.29 is 18.7 Å². The summed E-state index contributed by atoms with van der Waals surface area (Å²) in [6, 6.07) is 4.45. The lowest BCUT2D eigenvalue weighted by Gasteiger charge is -2.37. The minimum absolute atomic E-state index is 0.0920. The highest BCUT2D eigenvalue weighted by atomic mass is 19.1. The van der Waals surface area contributed by atoms with Gasteiger partial charge in [0.25, 0.3) is 11.8 Å². The normalized spacial score (nSPS) is 19.5. The molecule has 1 atom stereocenters. The molecule has 170 valence electrons. The molecule has 2 amide bonds. The maximum Gasteiger partial charge on any atom is 0.251 e. The van der Waals surface area contributed by atoms with Gasteiger partial charge in [-0.2, -0.15) is 0 Å². The van der Waals surface area contributed by atoms with E-state index in [-0.39, 0.29) is 17.9 Å². The number of guanidine groups is 1. The predicted molar refractivity (Wildman–Crippen MR) is 117 cm³/mol. The molecule has 0 spiro atoms. The average Bonchev–Trinajstić information content (AvgIpc) is 3.32. The van der Waals surface area contributed by atoms with Crippen LogP contribution >= 0.6 is 0 Å². The van der Waals surface area contributed by atoms with Crippen molar-refractivity contribution in [3.63, 3.8) is 0 Å². The van der Waals surface area contributed by atoms with Gasteiger partial charge in [-0.15, -0.1) is 0 Å². The van der Waals surface area contributed by atoms with E-state index in [0.717, 1.165) is 25.3 Å². The van der Waals surface area contributed by atoms with Gasteiger partial charge in [-0.25, -0.2) is 4.39 Å². The summed E-state index contributed by atoms with van der Waals surface area (Å²) in [4.78, 5) is 33.3. The van der Waals surface area contributed by atoms with Crippen LogP contribution in [-0.2, 0) is 9.53 Å². The molecule has 2 fully saturated rings. The van der Waals surface area contributed by atoms with Gasteiger partial charge in [0.05, 0.1) is 6.54 Å². The molecule has 3 rings (SSSR count). The molecule has 9 heteroatoms. The molecule has 2 heterocycles. The maximum absolute atomic E-state index is 13.6.